The lowest BCUT2D eigenvalue weighted by molar-refractivity contribution is -0.00870. The summed E-state index contributed by atoms with van der Waals surface area (Å²) in [6, 6.07) is 0.316. The van der Waals surface area contributed by atoms with Gasteiger partial charge in [0.2, 0.25) is 5.89 Å². The largest absolute Gasteiger partial charge is 0.377 e. The summed E-state index contributed by atoms with van der Waals surface area (Å²) < 4.78 is 11.2. The van der Waals surface area contributed by atoms with Gasteiger partial charge in [-0.2, -0.15) is 4.98 Å². The van der Waals surface area contributed by atoms with Crippen LogP contribution in [0.15, 0.2) is 4.52 Å². The fraction of sp³-hybridized carbons (Fsp3) is 0.867. The molecule has 3 heterocycles. The Kier molecular flexibility index (Phi) is 4.36. The summed E-state index contributed by atoms with van der Waals surface area (Å²) in [6.45, 7) is 7.22. The van der Waals surface area contributed by atoms with Crippen LogP contribution in [0.5, 0.6) is 0 Å². The fourth-order valence-corrected chi connectivity index (χ4v) is 3.17. The smallest absolute Gasteiger partial charge is 0.229 e. The van der Waals surface area contributed by atoms with Crippen LogP contribution in [0.4, 0.5) is 0 Å². The van der Waals surface area contributed by atoms with Crippen molar-refractivity contribution in [2.75, 3.05) is 19.7 Å². The number of nitrogens with zero attached hydrogens (tertiary/aromatic N) is 3. The maximum Gasteiger partial charge on any atom is 0.229 e. The van der Waals surface area contributed by atoms with Crippen LogP contribution in [-0.2, 0) is 4.74 Å². The summed E-state index contributed by atoms with van der Waals surface area (Å²) >= 11 is 0. The monoisotopic (exact) mass is 279 g/mol. The second kappa shape index (κ2) is 6.22. The Bertz CT molecular complexity index is 427. The van der Waals surface area contributed by atoms with Gasteiger partial charge in [-0.05, 0) is 38.6 Å². The van der Waals surface area contributed by atoms with E-state index < -0.39 is 0 Å². The van der Waals surface area contributed by atoms with E-state index in [1.54, 1.807) is 0 Å². The van der Waals surface area contributed by atoms with Gasteiger partial charge in [0.05, 0.1) is 12.1 Å². The van der Waals surface area contributed by atoms with E-state index in [9.17, 15) is 0 Å². The van der Waals surface area contributed by atoms with Crippen LogP contribution in [0, 0.1) is 0 Å². The highest BCUT2D eigenvalue weighted by Crippen LogP contribution is 2.31. The summed E-state index contributed by atoms with van der Waals surface area (Å²) in [7, 11) is 0. The molecule has 1 aromatic rings. The number of likely N-dealkylation sites (tertiary alicyclic amines) is 1. The molecule has 0 radical (unpaired) electrons. The number of hydrogen-bond donors (Lipinski definition) is 0. The van der Waals surface area contributed by atoms with Crippen LogP contribution in [-0.4, -0.2) is 40.8 Å². The average molecular weight is 279 g/mol. The summed E-state index contributed by atoms with van der Waals surface area (Å²) in [5.41, 5.74) is 0. The van der Waals surface area contributed by atoms with Gasteiger partial charge in [-0.25, -0.2) is 0 Å². The average Bonchev–Trinajstić information content (AvgIpc) is 3.08. The molecule has 3 rings (SSSR count). The van der Waals surface area contributed by atoms with E-state index in [4.69, 9.17) is 9.26 Å². The highest BCUT2D eigenvalue weighted by atomic mass is 16.5. The molecular weight excluding hydrogens is 254 g/mol. The highest BCUT2D eigenvalue weighted by Gasteiger charge is 2.32. The van der Waals surface area contributed by atoms with E-state index in [1.807, 2.05) is 0 Å². The van der Waals surface area contributed by atoms with Crippen LogP contribution in [0.25, 0.3) is 0 Å². The topological polar surface area (TPSA) is 51.4 Å². The van der Waals surface area contributed by atoms with Gasteiger partial charge in [-0.1, -0.05) is 19.0 Å². The minimum absolute atomic E-state index is 0.299. The van der Waals surface area contributed by atoms with E-state index >= 15 is 0 Å². The minimum atomic E-state index is 0.299. The first kappa shape index (κ1) is 14.0. The standard InChI is InChI=1S/C15H25N3O2/c1-11(2)15-16-14(17-20-15)13-7-5-8-18(13)10-12-6-3-4-9-19-12/h11-13H,3-10H2,1-2H3. The van der Waals surface area contributed by atoms with Crippen molar-refractivity contribution in [1.82, 2.24) is 15.0 Å². The van der Waals surface area contributed by atoms with Crippen molar-refractivity contribution in [3.63, 3.8) is 0 Å². The first-order valence-corrected chi connectivity index (χ1v) is 7.93. The fourth-order valence-electron chi connectivity index (χ4n) is 3.17. The third kappa shape index (κ3) is 3.04. The van der Waals surface area contributed by atoms with Crippen molar-refractivity contribution in [3.8, 4) is 0 Å². The molecule has 112 valence electrons. The van der Waals surface area contributed by atoms with E-state index in [0.717, 1.165) is 37.8 Å². The van der Waals surface area contributed by atoms with Gasteiger partial charge >= 0.3 is 0 Å². The lowest BCUT2D eigenvalue weighted by atomic mass is 10.1. The third-order valence-corrected chi connectivity index (χ3v) is 4.33. The van der Waals surface area contributed by atoms with Gasteiger partial charge in [0.1, 0.15) is 0 Å². The molecular formula is C15H25N3O2. The molecule has 0 aliphatic carbocycles. The van der Waals surface area contributed by atoms with E-state index in [2.05, 4.69) is 28.9 Å². The summed E-state index contributed by atoms with van der Waals surface area (Å²) in [4.78, 5) is 7.05. The van der Waals surface area contributed by atoms with E-state index in [0.29, 0.717) is 18.1 Å². The van der Waals surface area contributed by atoms with Gasteiger partial charge in [0.25, 0.3) is 0 Å². The first-order valence-electron chi connectivity index (χ1n) is 7.93. The van der Waals surface area contributed by atoms with Gasteiger partial charge < -0.3 is 9.26 Å². The lowest BCUT2D eigenvalue weighted by Gasteiger charge is -2.29. The predicted molar refractivity (Wildman–Crippen MR) is 75.5 cm³/mol. The van der Waals surface area contributed by atoms with Gasteiger partial charge in [0, 0.05) is 19.1 Å². The molecule has 2 atom stereocenters. The molecule has 2 aliphatic heterocycles. The van der Waals surface area contributed by atoms with E-state index in [-0.39, 0.29) is 0 Å². The van der Waals surface area contributed by atoms with Crippen molar-refractivity contribution in [1.29, 1.82) is 0 Å². The van der Waals surface area contributed by atoms with Gasteiger partial charge in [-0.15, -0.1) is 0 Å². The van der Waals surface area contributed by atoms with Crippen molar-refractivity contribution >= 4 is 0 Å². The quantitative estimate of drug-likeness (QED) is 0.848. The Labute approximate surface area is 120 Å². The molecule has 5 nitrogen and oxygen atoms in total. The molecule has 0 saturated carbocycles. The zero-order chi connectivity index (χ0) is 13.9. The van der Waals surface area contributed by atoms with Crippen LogP contribution in [0.3, 0.4) is 0 Å². The maximum absolute atomic E-state index is 5.86. The number of rotatable bonds is 4. The van der Waals surface area contributed by atoms with Crippen molar-refractivity contribution in [3.05, 3.63) is 11.7 Å². The zero-order valence-electron chi connectivity index (χ0n) is 12.5. The summed E-state index contributed by atoms with van der Waals surface area (Å²) in [5.74, 6) is 1.91. The van der Waals surface area contributed by atoms with Crippen molar-refractivity contribution in [2.45, 2.75) is 64.0 Å². The highest BCUT2D eigenvalue weighted by molar-refractivity contribution is 5.00. The third-order valence-electron chi connectivity index (χ3n) is 4.33. The molecule has 0 amide bonds. The van der Waals surface area contributed by atoms with Gasteiger partial charge in [-0.3, -0.25) is 4.90 Å². The normalized spacial score (nSPS) is 28.4. The molecule has 0 bridgehead atoms. The predicted octanol–water partition coefficient (Wildman–Crippen LogP) is 2.90. The zero-order valence-corrected chi connectivity index (χ0v) is 12.5. The van der Waals surface area contributed by atoms with Crippen LogP contribution < -0.4 is 0 Å². The molecule has 2 unspecified atom stereocenters. The van der Waals surface area contributed by atoms with Gasteiger partial charge in [0.15, 0.2) is 5.82 Å². The second-order valence-electron chi connectivity index (χ2n) is 6.29. The molecule has 0 aromatic carbocycles. The van der Waals surface area contributed by atoms with Crippen LogP contribution in [0.2, 0.25) is 0 Å². The van der Waals surface area contributed by atoms with Crippen LogP contribution >= 0.6 is 0 Å². The maximum atomic E-state index is 5.86. The lowest BCUT2D eigenvalue weighted by Crippen LogP contribution is -2.35. The second-order valence-corrected chi connectivity index (χ2v) is 6.29. The Morgan fingerprint density at radius 3 is 2.85 bits per heavy atom. The molecule has 0 N–H and O–H groups in total. The van der Waals surface area contributed by atoms with Crippen molar-refractivity contribution < 1.29 is 9.26 Å². The molecule has 0 spiro atoms. The molecule has 2 fully saturated rings. The minimum Gasteiger partial charge on any atom is -0.377 e. The Morgan fingerprint density at radius 2 is 2.15 bits per heavy atom. The first-order chi connectivity index (χ1) is 9.74. The molecule has 2 aliphatic rings. The van der Waals surface area contributed by atoms with E-state index in [1.165, 1.54) is 25.7 Å². The molecule has 5 heteroatoms. The molecule has 1 aromatic heterocycles. The SMILES string of the molecule is CC(C)c1nc(C2CCCN2CC2CCCCO2)no1. The summed E-state index contributed by atoms with van der Waals surface area (Å²) in [5, 5.41) is 4.19. The number of ether oxygens (including phenoxy) is 1. The number of aromatic nitrogens is 2. The Hall–Kier alpha value is -0.940. The van der Waals surface area contributed by atoms with Crippen molar-refractivity contribution in [2.24, 2.45) is 0 Å². The number of hydrogen-bond acceptors (Lipinski definition) is 5. The molecule has 20 heavy (non-hydrogen) atoms. The van der Waals surface area contributed by atoms with Crippen LogP contribution in [0.1, 0.15) is 69.6 Å². The Morgan fingerprint density at radius 1 is 1.25 bits per heavy atom. The Balaban J connectivity index is 1.64. The molecule has 2 saturated heterocycles. The summed E-state index contributed by atoms with van der Waals surface area (Å²) in [6.07, 6.45) is 6.42.